The number of fused-ring (bicyclic) bond motifs is 1. The Morgan fingerprint density at radius 2 is 1.70 bits per heavy atom. The van der Waals surface area contributed by atoms with Crippen LogP contribution in [-0.2, 0) is 19.4 Å². The number of aromatic nitrogens is 5. The Hall–Kier alpha value is -4.17. The van der Waals surface area contributed by atoms with E-state index < -0.39 is 6.04 Å². The summed E-state index contributed by atoms with van der Waals surface area (Å²) in [6.07, 6.45) is 4.02. The van der Waals surface area contributed by atoms with Gasteiger partial charge in [-0.1, -0.05) is 55.5 Å². The van der Waals surface area contributed by atoms with Crippen LogP contribution in [-0.4, -0.2) is 43.2 Å². The summed E-state index contributed by atoms with van der Waals surface area (Å²) < 4.78 is 15.3. The van der Waals surface area contributed by atoms with Crippen LogP contribution in [0.1, 0.15) is 53.9 Å². The number of nitrogens with zero attached hydrogens (tertiary/aromatic N) is 5. The Kier molecular flexibility index (Phi) is 7.51. The molecular formula is C32H33FN6O. The molecule has 0 amide bonds. The Labute approximate surface area is 232 Å². The molecule has 2 aromatic heterocycles. The summed E-state index contributed by atoms with van der Waals surface area (Å²) in [4.78, 5) is 19.0. The number of hydrogen-bond acceptors (Lipinski definition) is 5. The molecule has 0 unspecified atom stereocenters. The lowest BCUT2D eigenvalue weighted by Gasteiger charge is -2.37. The number of benzene rings is 3. The third-order valence-electron chi connectivity index (χ3n) is 8.07. The maximum Gasteiger partial charge on any atom is 0.253 e. The Morgan fingerprint density at radius 1 is 0.950 bits per heavy atom. The molecule has 5 aromatic rings. The van der Waals surface area contributed by atoms with Crippen LogP contribution in [0.5, 0.6) is 0 Å². The van der Waals surface area contributed by atoms with Crippen LogP contribution in [0.4, 0.5) is 4.39 Å². The minimum absolute atomic E-state index is 0.135. The molecular weight excluding hydrogens is 503 g/mol. The molecule has 7 nitrogen and oxygen atoms in total. The van der Waals surface area contributed by atoms with Gasteiger partial charge < -0.3 is 4.98 Å². The zero-order valence-electron chi connectivity index (χ0n) is 22.6. The van der Waals surface area contributed by atoms with Gasteiger partial charge in [0, 0.05) is 11.1 Å². The van der Waals surface area contributed by atoms with E-state index in [4.69, 9.17) is 0 Å². The van der Waals surface area contributed by atoms with Crippen molar-refractivity contribution in [3.05, 3.63) is 123 Å². The number of rotatable bonds is 8. The van der Waals surface area contributed by atoms with Crippen LogP contribution >= 0.6 is 0 Å². The molecule has 204 valence electrons. The van der Waals surface area contributed by atoms with Gasteiger partial charge in [-0.2, -0.15) is 0 Å². The van der Waals surface area contributed by atoms with Crippen LogP contribution in [0.3, 0.4) is 0 Å². The topological polar surface area (TPSA) is 79.7 Å². The first-order chi connectivity index (χ1) is 19.6. The van der Waals surface area contributed by atoms with E-state index in [1.165, 1.54) is 23.3 Å². The molecule has 1 fully saturated rings. The highest BCUT2D eigenvalue weighted by atomic mass is 19.1. The number of nitrogens with one attached hydrogen (secondary N) is 1. The smallest absolute Gasteiger partial charge is 0.253 e. The molecule has 0 saturated carbocycles. The number of H-pyrrole nitrogens is 1. The lowest BCUT2D eigenvalue weighted by Crippen LogP contribution is -2.41. The van der Waals surface area contributed by atoms with Crippen molar-refractivity contribution in [3.8, 4) is 0 Å². The predicted octanol–water partition coefficient (Wildman–Crippen LogP) is 5.31. The summed E-state index contributed by atoms with van der Waals surface area (Å²) >= 11 is 0. The molecule has 8 heteroatoms. The van der Waals surface area contributed by atoms with Crippen LogP contribution in [0.2, 0.25) is 0 Å². The highest BCUT2D eigenvalue weighted by Crippen LogP contribution is 2.32. The van der Waals surface area contributed by atoms with Crippen molar-refractivity contribution in [3.63, 3.8) is 0 Å². The molecule has 0 radical (unpaired) electrons. The van der Waals surface area contributed by atoms with E-state index in [9.17, 15) is 9.18 Å². The van der Waals surface area contributed by atoms with Gasteiger partial charge in [-0.15, -0.1) is 5.10 Å². The molecule has 1 atom stereocenters. The molecule has 3 aromatic carbocycles. The van der Waals surface area contributed by atoms with E-state index in [1.807, 2.05) is 12.1 Å². The second-order valence-electron chi connectivity index (χ2n) is 10.7. The second kappa shape index (κ2) is 11.5. The molecule has 1 aliphatic rings. The molecule has 3 heterocycles. The van der Waals surface area contributed by atoms with Crippen molar-refractivity contribution in [1.82, 2.24) is 30.1 Å². The Bertz CT molecular complexity index is 1640. The van der Waals surface area contributed by atoms with Gasteiger partial charge in [-0.05, 0) is 108 Å². The monoisotopic (exact) mass is 536 g/mol. The summed E-state index contributed by atoms with van der Waals surface area (Å²) in [5.74, 6) is 0.907. The second-order valence-corrected chi connectivity index (χ2v) is 10.7. The van der Waals surface area contributed by atoms with E-state index in [2.05, 4.69) is 74.8 Å². The van der Waals surface area contributed by atoms with E-state index in [-0.39, 0.29) is 11.4 Å². The summed E-state index contributed by atoms with van der Waals surface area (Å²) in [6.45, 7) is 4.17. The molecule has 40 heavy (non-hydrogen) atoms. The number of hydrogen-bond donors (Lipinski definition) is 1. The lowest BCUT2D eigenvalue weighted by atomic mass is 9.89. The summed E-state index contributed by atoms with van der Waals surface area (Å²) in [5.41, 5.74) is 4.78. The normalized spacial score (nSPS) is 15.4. The first-order valence-electron chi connectivity index (χ1n) is 14.0. The van der Waals surface area contributed by atoms with Gasteiger partial charge >= 0.3 is 0 Å². The number of halogens is 1. The molecule has 6 rings (SSSR count). The first-order valence-corrected chi connectivity index (χ1v) is 14.0. The fraction of sp³-hybridized carbons (Fsp3) is 0.312. The van der Waals surface area contributed by atoms with Crippen molar-refractivity contribution in [2.24, 2.45) is 5.92 Å². The average molecular weight is 537 g/mol. The number of pyridine rings is 1. The number of aryl methyl sites for hydroxylation is 1. The first kappa shape index (κ1) is 26.1. The zero-order chi connectivity index (χ0) is 27.5. The molecule has 0 spiro atoms. The third-order valence-corrected chi connectivity index (χ3v) is 8.07. The van der Waals surface area contributed by atoms with Gasteiger partial charge in [-0.3, -0.25) is 9.69 Å². The SMILES string of the molecule is CCc1ccc2[nH]c(=O)c([C@H](c3nnnn3Cc3ccc(F)cc3)N3CCC(Cc4ccccc4)CC3)cc2c1. The van der Waals surface area contributed by atoms with Crippen molar-refractivity contribution in [2.45, 2.75) is 45.2 Å². The van der Waals surface area contributed by atoms with E-state index in [0.717, 1.165) is 55.2 Å². The van der Waals surface area contributed by atoms with Gasteiger partial charge in [0.2, 0.25) is 0 Å². The zero-order valence-corrected chi connectivity index (χ0v) is 22.6. The third kappa shape index (κ3) is 5.58. The Morgan fingerprint density at radius 3 is 2.45 bits per heavy atom. The lowest BCUT2D eigenvalue weighted by molar-refractivity contribution is 0.143. The summed E-state index contributed by atoms with van der Waals surface area (Å²) in [6, 6.07) is 24.7. The summed E-state index contributed by atoms with van der Waals surface area (Å²) in [5, 5.41) is 13.8. The van der Waals surface area contributed by atoms with E-state index >= 15 is 0 Å². The highest BCUT2D eigenvalue weighted by molar-refractivity contribution is 5.80. The molecule has 1 N–H and O–H groups in total. The van der Waals surface area contributed by atoms with Gasteiger partial charge in [0.15, 0.2) is 5.82 Å². The van der Waals surface area contributed by atoms with Crippen LogP contribution in [0.15, 0.2) is 83.7 Å². The summed E-state index contributed by atoms with van der Waals surface area (Å²) in [7, 11) is 0. The van der Waals surface area contributed by atoms with Crippen LogP contribution < -0.4 is 5.56 Å². The highest BCUT2D eigenvalue weighted by Gasteiger charge is 2.33. The van der Waals surface area contributed by atoms with Crippen molar-refractivity contribution < 1.29 is 4.39 Å². The molecule has 1 aliphatic heterocycles. The predicted molar refractivity (Wildman–Crippen MR) is 154 cm³/mol. The average Bonchev–Trinajstić information content (AvgIpc) is 3.43. The maximum absolute atomic E-state index is 13.6. The standard InChI is InChI=1S/C32H33FN6O/c1-2-22-10-13-29-26(19-22)20-28(32(40)34-29)30(31-35-36-37-39(31)21-25-8-11-27(33)12-9-25)38-16-14-24(15-17-38)18-23-6-4-3-5-7-23/h3-13,19-20,24,30H,2,14-18,21H2,1H3,(H,34,40)/t30-/m1/s1. The fourth-order valence-electron chi connectivity index (χ4n) is 5.84. The number of likely N-dealkylation sites (tertiary alicyclic amines) is 1. The minimum Gasteiger partial charge on any atom is -0.322 e. The van der Waals surface area contributed by atoms with Crippen LogP contribution in [0, 0.1) is 11.7 Å². The van der Waals surface area contributed by atoms with E-state index in [0.29, 0.717) is 23.9 Å². The van der Waals surface area contributed by atoms with Crippen LogP contribution in [0.25, 0.3) is 10.9 Å². The van der Waals surface area contributed by atoms with Gasteiger partial charge in [0.1, 0.15) is 11.9 Å². The number of aromatic amines is 1. The largest absolute Gasteiger partial charge is 0.322 e. The van der Waals surface area contributed by atoms with Gasteiger partial charge in [0.25, 0.3) is 5.56 Å². The molecule has 0 aliphatic carbocycles. The fourth-order valence-corrected chi connectivity index (χ4v) is 5.84. The quantitative estimate of drug-likeness (QED) is 0.291. The minimum atomic E-state index is -0.411. The molecule has 0 bridgehead atoms. The maximum atomic E-state index is 13.6. The van der Waals surface area contributed by atoms with Crippen molar-refractivity contribution in [2.75, 3.05) is 13.1 Å². The Balaban J connectivity index is 1.35. The number of tetrazole rings is 1. The van der Waals surface area contributed by atoms with Gasteiger partial charge in [-0.25, -0.2) is 9.07 Å². The van der Waals surface area contributed by atoms with Crippen molar-refractivity contribution >= 4 is 10.9 Å². The van der Waals surface area contributed by atoms with E-state index in [1.54, 1.807) is 16.8 Å². The van der Waals surface area contributed by atoms with Gasteiger partial charge in [0.05, 0.1) is 6.54 Å². The van der Waals surface area contributed by atoms with Crippen molar-refractivity contribution in [1.29, 1.82) is 0 Å². The number of piperidine rings is 1. The molecule has 1 saturated heterocycles.